The minimum absolute atomic E-state index is 0.0207. The highest BCUT2D eigenvalue weighted by molar-refractivity contribution is 5.95. The number of aromatic nitrogens is 2. The van der Waals surface area contributed by atoms with Gasteiger partial charge in [-0.3, -0.25) is 0 Å². The molecule has 1 saturated heterocycles. The maximum absolute atomic E-state index is 8.65. The van der Waals surface area contributed by atoms with E-state index in [2.05, 4.69) is 20.0 Å². The van der Waals surface area contributed by atoms with Crippen LogP contribution in [0.25, 0.3) is 0 Å². The Morgan fingerprint density at radius 2 is 2.39 bits per heavy atom. The highest BCUT2D eigenvalue weighted by Gasteiger charge is 2.25. The maximum Gasteiger partial charge on any atom is 0.226 e. The minimum atomic E-state index is -0.0207. The van der Waals surface area contributed by atoms with Crippen LogP contribution in [0.4, 0.5) is 5.95 Å². The summed E-state index contributed by atoms with van der Waals surface area (Å²) >= 11 is 0. The summed E-state index contributed by atoms with van der Waals surface area (Å²) in [6.45, 7) is 5.41. The summed E-state index contributed by atoms with van der Waals surface area (Å²) in [4.78, 5) is 10.6. The molecule has 0 bridgehead atoms. The summed E-state index contributed by atoms with van der Waals surface area (Å²) in [5.41, 5.74) is 5.93. The number of hydrogen-bond donors (Lipinski definition) is 2. The highest BCUT2D eigenvalue weighted by Crippen LogP contribution is 2.17. The molecule has 1 aliphatic heterocycles. The molecule has 0 spiro atoms. The second kappa shape index (κ2) is 5.18. The lowest BCUT2D eigenvalue weighted by molar-refractivity contribution is 0.0337. The third kappa shape index (κ3) is 2.51. The van der Waals surface area contributed by atoms with E-state index in [-0.39, 0.29) is 18.0 Å². The Labute approximate surface area is 105 Å². The number of amidine groups is 1. The van der Waals surface area contributed by atoms with Crippen LogP contribution < -0.4 is 10.6 Å². The smallest absolute Gasteiger partial charge is 0.226 e. The van der Waals surface area contributed by atoms with E-state index >= 15 is 0 Å². The largest absolute Gasteiger partial charge is 0.409 e. The molecule has 1 fully saturated rings. The molecule has 7 heteroatoms. The van der Waals surface area contributed by atoms with Crippen LogP contribution in [0.3, 0.4) is 0 Å². The van der Waals surface area contributed by atoms with Crippen molar-refractivity contribution in [3.63, 3.8) is 0 Å². The van der Waals surface area contributed by atoms with E-state index in [4.69, 9.17) is 15.7 Å². The van der Waals surface area contributed by atoms with Crippen LogP contribution in [-0.4, -0.2) is 46.3 Å². The number of nitrogens with zero attached hydrogens (tertiary/aromatic N) is 4. The van der Waals surface area contributed by atoms with Crippen LogP contribution in [0, 0.1) is 0 Å². The zero-order valence-corrected chi connectivity index (χ0v) is 10.4. The number of ether oxygens (including phenoxy) is 1. The molecule has 3 N–H and O–H groups in total. The molecule has 0 amide bonds. The minimum Gasteiger partial charge on any atom is -0.409 e. The van der Waals surface area contributed by atoms with Crippen molar-refractivity contribution in [2.24, 2.45) is 10.9 Å². The van der Waals surface area contributed by atoms with Gasteiger partial charge in [0.05, 0.1) is 18.8 Å². The molecule has 1 aromatic rings. The van der Waals surface area contributed by atoms with Crippen LogP contribution >= 0.6 is 0 Å². The number of morpholine rings is 1. The Morgan fingerprint density at radius 3 is 3.11 bits per heavy atom. The first-order valence-electron chi connectivity index (χ1n) is 5.81. The fourth-order valence-corrected chi connectivity index (χ4v) is 1.86. The van der Waals surface area contributed by atoms with Crippen LogP contribution in [0.1, 0.15) is 19.5 Å². The van der Waals surface area contributed by atoms with Gasteiger partial charge in [-0.15, -0.1) is 0 Å². The van der Waals surface area contributed by atoms with E-state index in [1.54, 1.807) is 12.3 Å². The van der Waals surface area contributed by atoms with Crippen molar-refractivity contribution in [3.05, 3.63) is 18.0 Å². The molecule has 7 nitrogen and oxygen atoms in total. The molecule has 18 heavy (non-hydrogen) atoms. The lowest BCUT2D eigenvalue weighted by Crippen LogP contribution is -2.48. The predicted molar refractivity (Wildman–Crippen MR) is 66.8 cm³/mol. The number of anilines is 1. The van der Waals surface area contributed by atoms with E-state index in [9.17, 15) is 0 Å². The maximum atomic E-state index is 8.65. The topological polar surface area (TPSA) is 96.9 Å². The Balaban J connectivity index is 2.27. The SMILES string of the molecule is CC1CN(c2nccc(/C(N)=N/O)n2)C(C)CO1. The predicted octanol–water partition coefficient (Wildman–Crippen LogP) is 0.185. The monoisotopic (exact) mass is 251 g/mol. The van der Waals surface area contributed by atoms with Crippen LogP contribution in [0.5, 0.6) is 0 Å². The normalized spacial score (nSPS) is 25.2. The number of nitrogens with two attached hydrogens (primary N) is 1. The molecule has 98 valence electrons. The van der Waals surface area contributed by atoms with Crippen molar-refractivity contribution in [1.29, 1.82) is 0 Å². The second-order valence-electron chi connectivity index (χ2n) is 4.37. The van der Waals surface area contributed by atoms with Crippen molar-refractivity contribution in [2.45, 2.75) is 26.0 Å². The van der Waals surface area contributed by atoms with E-state index < -0.39 is 0 Å². The third-order valence-electron chi connectivity index (χ3n) is 2.88. The fraction of sp³-hybridized carbons (Fsp3) is 0.545. The highest BCUT2D eigenvalue weighted by atomic mass is 16.5. The van der Waals surface area contributed by atoms with Gasteiger partial charge in [0, 0.05) is 12.7 Å². The summed E-state index contributed by atoms with van der Waals surface area (Å²) < 4.78 is 5.56. The van der Waals surface area contributed by atoms with Crippen LogP contribution in [-0.2, 0) is 4.74 Å². The first-order valence-corrected chi connectivity index (χ1v) is 5.81. The standard InChI is InChI=1S/C11H17N5O2/c1-7-6-18-8(2)5-16(7)11-13-4-3-9(14-11)10(12)15-17/h3-4,7-8,17H,5-6H2,1-2H3,(H2,12,15). The number of oxime groups is 1. The first-order chi connectivity index (χ1) is 8.61. The van der Waals surface area contributed by atoms with E-state index in [0.717, 1.165) is 6.54 Å². The van der Waals surface area contributed by atoms with Gasteiger partial charge in [-0.25, -0.2) is 9.97 Å². The summed E-state index contributed by atoms with van der Waals surface area (Å²) in [5.74, 6) is 0.550. The Kier molecular flexibility index (Phi) is 3.61. The van der Waals surface area contributed by atoms with Gasteiger partial charge in [0.1, 0.15) is 5.69 Å². The van der Waals surface area contributed by atoms with Crippen LogP contribution in [0.2, 0.25) is 0 Å². The molecular formula is C11H17N5O2. The van der Waals surface area contributed by atoms with Crippen molar-refractivity contribution >= 4 is 11.8 Å². The molecule has 2 rings (SSSR count). The van der Waals surface area contributed by atoms with Gasteiger partial charge in [-0.1, -0.05) is 5.16 Å². The Morgan fingerprint density at radius 1 is 1.61 bits per heavy atom. The fourth-order valence-electron chi connectivity index (χ4n) is 1.86. The molecule has 2 heterocycles. The molecule has 1 aliphatic rings. The average Bonchev–Trinajstić information content (AvgIpc) is 2.40. The summed E-state index contributed by atoms with van der Waals surface area (Å²) in [6.07, 6.45) is 1.74. The quantitative estimate of drug-likeness (QED) is 0.337. The Bertz CT molecular complexity index is 451. The van der Waals surface area contributed by atoms with Crippen molar-refractivity contribution < 1.29 is 9.94 Å². The number of hydrogen-bond acceptors (Lipinski definition) is 6. The third-order valence-corrected chi connectivity index (χ3v) is 2.88. The summed E-state index contributed by atoms with van der Waals surface area (Å²) in [7, 11) is 0. The molecule has 2 unspecified atom stereocenters. The van der Waals surface area contributed by atoms with Crippen molar-refractivity contribution in [1.82, 2.24) is 9.97 Å². The molecule has 0 aromatic carbocycles. The molecule has 2 atom stereocenters. The molecule has 0 saturated carbocycles. The van der Waals surface area contributed by atoms with Gasteiger partial charge in [-0.05, 0) is 19.9 Å². The molecular weight excluding hydrogens is 234 g/mol. The lowest BCUT2D eigenvalue weighted by atomic mass is 10.2. The zero-order chi connectivity index (χ0) is 13.1. The van der Waals surface area contributed by atoms with Gasteiger partial charge in [0.25, 0.3) is 0 Å². The van der Waals surface area contributed by atoms with Gasteiger partial charge in [0.2, 0.25) is 5.95 Å². The zero-order valence-electron chi connectivity index (χ0n) is 10.4. The van der Waals surface area contributed by atoms with Gasteiger partial charge in [-0.2, -0.15) is 0 Å². The second-order valence-corrected chi connectivity index (χ2v) is 4.37. The molecule has 0 radical (unpaired) electrons. The van der Waals surface area contributed by atoms with Crippen molar-refractivity contribution in [3.8, 4) is 0 Å². The molecule has 1 aromatic heterocycles. The van der Waals surface area contributed by atoms with E-state index in [1.807, 2.05) is 13.8 Å². The van der Waals surface area contributed by atoms with Crippen LogP contribution in [0.15, 0.2) is 17.4 Å². The van der Waals surface area contributed by atoms with Gasteiger partial charge in [0.15, 0.2) is 5.84 Å². The summed E-state index contributed by atoms with van der Waals surface area (Å²) in [6, 6.07) is 1.80. The molecule has 0 aliphatic carbocycles. The van der Waals surface area contributed by atoms with Gasteiger partial charge >= 0.3 is 0 Å². The Hall–Kier alpha value is -1.89. The first kappa shape index (κ1) is 12.6. The van der Waals surface area contributed by atoms with E-state index in [0.29, 0.717) is 18.2 Å². The van der Waals surface area contributed by atoms with Gasteiger partial charge < -0.3 is 20.6 Å². The summed E-state index contributed by atoms with van der Waals surface area (Å²) in [5, 5.41) is 11.6. The lowest BCUT2D eigenvalue weighted by Gasteiger charge is -2.36. The van der Waals surface area contributed by atoms with Crippen molar-refractivity contribution in [2.75, 3.05) is 18.1 Å². The average molecular weight is 251 g/mol. The number of rotatable bonds is 2. The van der Waals surface area contributed by atoms with E-state index in [1.165, 1.54) is 0 Å².